The van der Waals surface area contributed by atoms with E-state index in [1.165, 1.54) is 11.1 Å². The van der Waals surface area contributed by atoms with Crippen LogP contribution in [0.3, 0.4) is 0 Å². The molecule has 0 saturated carbocycles. The van der Waals surface area contributed by atoms with Gasteiger partial charge in [0.15, 0.2) is 0 Å². The SMILES string of the molecule is CNC(Cc1ccccn1)c1ncc(C)cc1C. The van der Waals surface area contributed by atoms with Crippen LogP contribution >= 0.6 is 0 Å². The first-order valence-electron chi connectivity index (χ1n) is 6.21. The Bertz CT molecular complexity index is 508. The van der Waals surface area contributed by atoms with Crippen LogP contribution in [0.25, 0.3) is 0 Å². The highest BCUT2D eigenvalue weighted by Gasteiger charge is 2.14. The summed E-state index contributed by atoms with van der Waals surface area (Å²) in [5.74, 6) is 0. The van der Waals surface area contributed by atoms with E-state index in [-0.39, 0.29) is 6.04 Å². The van der Waals surface area contributed by atoms with E-state index in [0.29, 0.717) is 0 Å². The monoisotopic (exact) mass is 241 g/mol. The molecule has 1 unspecified atom stereocenters. The Morgan fingerprint density at radius 3 is 2.67 bits per heavy atom. The summed E-state index contributed by atoms with van der Waals surface area (Å²) in [6.07, 6.45) is 4.61. The van der Waals surface area contributed by atoms with Gasteiger partial charge in [-0.3, -0.25) is 9.97 Å². The zero-order valence-corrected chi connectivity index (χ0v) is 11.1. The lowest BCUT2D eigenvalue weighted by molar-refractivity contribution is 0.565. The minimum Gasteiger partial charge on any atom is -0.311 e. The third-order valence-corrected chi connectivity index (χ3v) is 3.07. The third-order valence-electron chi connectivity index (χ3n) is 3.07. The van der Waals surface area contributed by atoms with Crippen molar-refractivity contribution >= 4 is 0 Å². The molecule has 0 radical (unpaired) electrons. The molecule has 2 aromatic heterocycles. The molecule has 0 aliphatic heterocycles. The van der Waals surface area contributed by atoms with E-state index >= 15 is 0 Å². The fraction of sp³-hybridized carbons (Fsp3) is 0.333. The molecule has 0 saturated heterocycles. The third kappa shape index (κ3) is 2.93. The van der Waals surface area contributed by atoms with Crippen molar-refractivity contribution in [3.63, 3.8) is 0 Å². The Kier molecular flexibility index (Phi) is 4.05. The zero-order valence-electron chi connectivity index (χ0n) is 11.1. The molecular weight excluding hydrogens is 222 g/mol. The van der Waals surface area contributed by atoms with Crippen LogP contribution in [0.4, 0.5) is 0 Å². The number of rotatable bonds is 4. The summed E-state index contributed by atoms with van der Waals surface area (Å²) >= 11 is 0. The summed E-state index contributed by atoms with van der Waals surface area (Å²) in [6.45, 7) is 4.18. The number of hydrogen-bond acceptors (Lipinski definition) is 3. The molecular formula is C15H19N3. The molecule has 0 bridgehead atoms. The molecule has 0 aliphatic carbocycles. The molecule has 3 nitrogen and oxygen atoms in total. The highest BCUT2D eigenvalue weighted by molar-refractivity contribution is 5.26. The van der Waals surface area contributed by atoms with Crippen molar-refractivity contribution in [1.29, 1.82) is 0 Å². The van der Waals surface area contributed by atoms with Gasteiger partial charge in [0.25, 0.3) is 0 Å². The first-order valence-corrected chi connectivity index (χ1v) is 6.21. The molecule has 18 heavy (non-hydrogen) atoms. The van der Waals surface area contributed by atoms with Gasteiger partial charge in [-0.05, 0) is 44.2 Å². The molecule has 0 fully saturated rings. The van der Waals surface area contributed by atoms with E-state index in [1.54, 1.807) is 0 Å². The Balaban J connectivity index is 2.23. The van der Waals surface area contributed by atoms with Crippen molar-refractivity contribution in [2.45, 2.75) is 26.3 Å². The second kappa shape index (κ2) is 5.74. The van der Waals surface area contributed by atoms with Crippen molar-refractivity contribution < 1.29 is 0 Å². The van der Waals surface area contributed by atoms with Crippen LogP contribution in [0.2, 0.25) is 0 Å². The maximum absolute atomic E-state index is 4.55. The van der Waals surface area contributed by atoms with E-state index in [4.69, 9.17) is 0 Å². The molecule has 3 heteroatoms. The fourth-order valence-corrected chi connectivity index (χ4v) is 2.15. The first-order chi connectivity index (χ1) is 8.70. The molecule has 1 N–H and O–H groups in total. The van der Waals surface area contributed by atoms with Gasteiger partial charge >= 0.3 is 0 Å². The van der Waals surface area contributed by atoms with Gasteiger partial charge in [0, 0.05) is 24.5 Å². The van der Waals surface area contributed by atoms with Crippen molar-refractivity contribution in [1.82, 2.24) is 15.3 Å². The predicted molar refractivity (Wildman–Crippen MR) is 73.5 cm³/mol. The topological polar surface area (TPSA) is 37.8 Å². The summed E-state index contributed by atoms with van der Waals surface area (Å²) < 4.78 is 0. The smallest absolute Gasteiger partial charge is 0.0606 e. The molecule has 2 rings (SSSR count). The fourth-order valence-electron chi connectivity index (χ4n) is 2.15. The van der Waals surface area contributed by atoms with Gasteiger partial charge < -0.3 is 5.32 Å². The van der Waals surface area contributed by atoms with E-state index in [9.17, 15) is 0 Å². The van der Waals surface area contributed by atoms with Gasteiger partial charge in [-0.15, -0.1) is 0 Å². The number of aryl methyl sites for hydroxylation is 2. The number of nitrogens with one attached hydrogen (secondary N) is 1. The van der Waals surface area contributed by atoms with Crippen molar-refractivity contribution in [3.05, 3.63) is 59.2 Å². The zero-order chi connectivity index (χ0) is 13.0. The first kappa shape index (κ1) is 12.7. The lowest BCUT2D eigenvalue weighted by atomic mass is 10.0. The Morgan fingerprint density at radius 1 is 1.22 bits per heavy atom. The number of aromatic nitrogens is 2. The predicted octanol–water partition coefficient (Wildman–Crippen LogP) is 2.60. The highest BCUT2D eigenvalue weighted by atomic mass is 14.9. The maximum atomic E-state index is 4.55. The van der Waals surface area contributed by atoms with E-state index in [1.807, 2.05) is 37.6 Å². The van der Waals surface area contributed by atoms with Crippen LogP contribution in [-0.4, -0.2) is 17.0 Å². The minimum atomic E-state index is 0.209. The van der Waals surface area contributed by atoms with Crippen molar-refractivity contribution in [2.24, 2.45) is 0 Å². The van der Waals surface area contributed by atoms with E-state index in [0.717, 1.165) is 17.8 Å². The van der Waals surface area contributed by atoms with E-state index in [2.05, 4.69) is 35.2 Å². The van der Waals surface area contributed by atoms with Crippen molar-refractivity contribution in [2.75, 3.05) is 7.05 Å². The summed E-state index contributed by atoms with van der Waals surface area (Å²) in [5.41, 5.74) is 4.61. The lowest BCUT2D eigenvalue weighted by Gasteiger charge is -2.17. The second-order valence-corrected chi connectivity index (χ2v) is 4.58. The van der Waals surface area contributed by atoms with Crippen molar-refractivity contribution in [3.8, 4) is 0 Å². The molecule has 2 aromatic rings. The molecule has 94 valence electrons. The highest BCUT2D eigenvalue weighted by Crippen LogP contribution is 2.19. The van der Waals surface area contributed by atoms with E-state index < -0.39 is 0 Å². The molecule has 2 heterocycles. The number of pyridine rings is 2. The molecule has 0 amide bonds. The molecule has 0 spiro atoms. The van der Waals surface area contributed by atoms with Crippen LogP contribution in [0.15, 0.2) is 36.7 Å². The minimum absolute atomic E-state index is 0.209. The standard InChI is InChI=1S/C15H19N3/c1-11-8-12(2)15(18-10-11)14(16-3)9-13-6-4-5-7-17-13/h4-8,10,14,16H,9H2,1-3H3. The quantitative estimate of drug-likeness (QED) is 0.894. The second-order valence-electron chi connectivity index (χ2n) is 4.58. The Labute approximate surface area is 108 Å². The number of nitrogens with zero attached hydrogens (tertiary/aromatic N) is 2. The Morgan fingerprint density at radius 2 is 2.06 bits per heavy atom. The summed E-state index contributed by atoms with van der Waals surface area (Å²) in [7, 11) is 1.97. The van der Waals surface area contributed by atoms with Gasteiger partial charge in [0.2, 0.25) is 0 Å². The molecule has 0 aromatic carbocycles. The average Bonchev–Trinajstić information content (AvgIpc) is 2.38. The maximum Gasteiger partial charge on any atom is 0.0606 e. The lowest BCUT2D eigenvalue weighted by Crippen LogP contribution is -2.21. The number of likely N-dealkylation sites (N-methyl/N-ethyl adjacent to an activating group) is 1. The Hall–Kier alpha value is -1.74. The largest absolute Gasteiger partial charge is 0.311 e. The van der Waals surface area contributed by atoms with Crippen LogP contribution in [0.5, 0.6) is 0 Å². The number of hydrogen-bond donors (Lipinski definition) is 1. The van der Waals surface area contributed by atoms with Gasteiger partial charge in [-0.25, -0.2) is 0 Å². The van der Waals surface area contributed by atoms with Crippen LogP contribution in [-0.2, 0) is 6.42 Å². The molecule has 0 aliphatic rings. The van der Waals surface area contributed by atoms with Gasteiger partial charge in [-0.1, -0.05) is 12.1 Å². The average molecular weight is 241 g/mol. The van der Waals surface area contributed by atoms with Crippen LogP contribution in [0, 0.1) is 13.8 Å². The molecule has 1 atom stereocenters. The van der Waals surface area contributed by atoms with Gasteiger partial charge in [0.1, 0.15) is 0 Å². The van der Waals surface area contributed by atoms with Crippen LogP contribution in [0.1, 0.15) is 28.6 Å². The summed E-state index contributed by atoms with van der Waals surface area (Å²) in [6, 6.07) is 8.39. The van der Waals surface area contributed by atoms with Gasteiger partial charge in [0.05, 0.1) is 11.7 Å². The van der Waals surface area contributed by atoms with Crippen LogP contribution < -0.4 is 5.32 Å². The summed E-state index contributed by atoms with van der Waals surface area (Å²) in [4.78, 5) is 8.93. The normalized spacial score (nSPS) is 12.4. The van der Waals surface area contributed by atoms with Gasteiger partial charge in [-0.2, -0.15) is 0 Å². The summed E-state index contributed by atoms with van der Waals surface area (Å²) in [5, 5.41) is 3.32.